The summed E-state index contributed by atoms with van der Waals surface area (Å²) in [6, 6.07) is 22.4. The summed E-state index contributed by atoms with van der Waals surface area (Å²) in [5.74, 6) is -0.257. The SMILES string of the molecule is CCOC(=O)C1CCN(C(=O)/C(=C/c2cccs2)c2ccc(-c3ccccc3)cc2)CC1. The first kappa shape index (κ1) is 22.0. The smallest absolute Gasteiger partial charge is 0.309 e. The van der Waals surface area contributed by atoms with E-state index in [0.29, 0.717) is 38.1 Å². The van der Waals surface area contributed by atoms with Crippen LogP contribution in [-0.2, 0) is 14.3 Å². The second-order valence-electron chi connectivity index (χ2n) is 7.84. The molecule has 1 aliphatic heterocycles. The minimum atomic E-state index is -0.148. The molecule has 4 rings (SSSR count). The number of nitrogens with zero attached hydrogens (tertiary/aromatic N) is 1. The van der Waals surface area contributed by atoms with E-state index in [-0.39, 0.29) is 17.8 Å². The molecule has 0 unspecified atom stereocenters. The lowest BCUT2D eigenvalue weighted by atomic mass is 9.95. The van der Waals surface area contributed by atoms with Crippen LogP contribution in [0, 0.1) is 5.92 Å². The van der Waals surface area contributed by atoms with Gasteiger partial charge in [-0.05, 0) is 54.0 Å². The third kappa shape index (κ3) is 5.17. The standard InChI is InChI=1S/C27H27NO3S/c1-2-31-27(30)23-14-16-28(17-15-23)26(29)25(19-24-9-6-18-32-24)22-12-10-21(11-13-22)20-7-4-3-5-8-20/h3-13,18-19,23H,2,14-17H2,1H3/b25-19+. The van der Waals surface area contributed by atoms with E-state index in [4.69, 9.17) is 4.74 Å². The predicted molar refractivity (Wildman–Crippen MR) is 130 cm³/mol. The quantitative estimate of drug-likeness (QED) is 0.358. The number of hydrogen-bond acceptors (Lipinski definition) is 4. The van der Waals surface area contributed by atoms with Gasteiger partial charge in [0.1, 0.15) is 0 Å². The number of hydrogen-bond donors (Lipinski definition) is 0. The lowest BCUT2D eigenvalue weighted by Crippen LogP contribution is -2.41. The Kier molecular flexibility index (Phi) is 7.17. The molecule has 164 valence electrons. The fourth-order valence-corrected chi connectivity index (χ4v) is 4.66. The highest BCUT2D eigenvalue weighted by Gasteiger charge is 2.29. The van der Waals surface area contributed by atoms with Gasteiger partial charge in [-0.1, -0.05) is 60.7 Å². The monoisotopic (exact) mass is 445 g/mol. The zero-order valence-electron chi connectivity index (χ0n) is 18.2. The maximum absolute atomic E-state index is 13.5. The molecule has 32 heavy (non-hydrogen) atoms. The van der Waals surface area contributed by atoms with E-state index in [9.17, 15) is 9.59 Å². The Balaban J connectivity index is 1.55. The fraction of sp³-hybridized carbons (Fsp3) is 0.259. The number of carbonyl (C=O) groups is 2. The van der Waals surface area contributed by atoms with Gasteiger partial charge < -0.3 is 9.64 Å². The predicted octanol–water partition coefficient (Wildman–Crippen LogP) is 5.76. The molecule has 1 saturated heterocycles. The van der Waals surface area contributed by atoms with Gasteiger partial charge in [-0.25, -0.2) is 0 Å². The van der Waals surface area contributed by atoms with Gasteiger partial charge in [0, 0.05) is 23.5 Å². The van der Waals surface area contributed by atoms with E-state index in [0.717, 1.165) is 21.6 Å². The minimum absolute atomic E-state index is 0.00756. The van der Waals surface area contributed by atoms with E-state index >= 15 is 0 Å². The average molecular weight is 446 g/mol. The Morgan fingerprint density at radius 1 is 0.969 bits per heavy atom. The Morgan fingerprint density at radius 3 is 2.28 bits per heavy atom. The molecule has 0 saturated carbocycles. The highest BCUT2D eigenvalue weighted by Crippen LogP contribution is 2.28. The first-order valence-corrected chi connectivity index (χ1v) is 11.9. The maximum atomic E-state index is 13.5. The van der Waals surface area contributed by atoms with Crippen molar-refractivity contribution in [2.45, 2.75) is 19.8 Å². The van der Waals surface area contributed by atoms with Crippen LogP contribution in [-0.4, -0.2) is 36.5 Å². The molecule has 1 fully saturated rings. The molecule has 0 aliphatic carbocycles. The molecule has 0 spiro atoms. The van der Waals surface area contributed by atoms with Crippen LogP contribution in [0.25, 0.3) is 22.8 Å². The molecule has 4 nitrogen and oxygen atoms in total. The van der Waals surface area contributed by atoms with Crippen LogP contribution in [0.15, 0.2) is 72.1 Å². The molecule has 0 atom stereocenters. The molecule has 2 aromatic carbocycles. The minimum Gasteiger partial charge on any atom is -0.466 e. The van der Waals surface area contributed by atoms with Crippen LogP contribution in [0.3, 0.4) is 0 Å². The van der Waals surface area contributed by atoms with E-state index in [2.05, 4.69) is 24.3 Å². The maximum Gasteiger partial charge on any atom is 0.309 e. The number of piperidine rings is 1. The van der Waals surface area contributed by atoms with Crippen molar-refractivity contribution < 1.29 is 14.3 Å². The number of amides is 1. The summed E-state index contributed by atoms with van der Waals surface area (Å²) >= 11 is 1.61. The second kappa shape index (κ2) is 10.4. The summed E-state index contributed by atoms with van der Waals surface area (Å²) in [5.41, 5.74) is 3.85. The average Bonchev–Trinajstić information content (AvgIpc) is 3.36. The topological polar surface area (TPSA) is 46.6 Å². The van der Waals surface area contributed by atoms with Crippen LogP contribution in [0.4, 0.5) is 0 Å². The first-order chi connectivity index (χ1) is 15.7. The van der Waals surface area contributed by atoms with E-state index in [1.54, 1.807) is 11.3 Å². The van der Waals surface area contributed by atoms with Crippen molar-refractivity contribution in [3.63, 3.8) is 0 Å². The zero-order valence-corrected chi connectivity index (χ0v) is 19.0. The molecular formula is C27H27NO3S. The van der Waals surface area contributed by atoms with Crippen molar-refractivity contribution in [1.29, 1.82) is 0 Å². The molecule has 3 aromatic rings. The van der Waals surface area contributed by atoms with Crippen LogP contribution < -0.4 is 0 Å². The van der Waals surface area contributed by atoms with Crippen LogP contribution in [0.2, 0.25) is 0 Å². The number of ether oxygens (including phenoxy) is 1. The summed E-state index contributed by atoms with van der Waals surface area (Å²) in [5, 5.41) is 2.01. The third-order valence-corrected chi connectivity index (χ3v) is 6.58. The van der Waals surface area contributed by atoms with Gasteiger partial charge in [0.25, 0.3) is 5.91 Å². The first-order valence-electron chi connectivity index (χ1n) is 11.0. The molecule has 1 amide bonds. The number of likely N-dealkylation sites (tertiary alicyclic amines) is 1. The van der Waals surface area contributed by atoms with Crippen molar-refractivity contribution in [1.82, 2.24) is 4.90 Å². The number of benzene rings is 2. The summed E-state index contributed by atoms with van der Waals surface area (Å²) in [4.78, 5) is 28.5. The van der Waals surface area contributed by atoms with Crippen molar-refractivity contribution in [2.75, 3.05) is 19.7 Å². The van der Waals surface area contributed by atoms with Crippen molar-refractivity contribution in [2.24, 2.45) is 5.92 Å². The Bertz CT molecular complexity index is 1060. The van der Waals surface area contributed by atoms with Gasteiger partial charge in [0.05, 0.1) is 12.5 Å². The molecule has 1 aliphatic rings. The van der Waals surface area contributed by atoms with E-state index < -0.39 is 0 Å². The lowest BCUT2D eigenvalue weighted by molar-refractivity contribution is -0.150. The number of esters is 1. The van der Waals surface area contributed by atoms with Gasteiger partial charge in [0.15, 0.2) is 0 Å². The van der Waals surface area contributed by atoms with Crippen LogP contribution >= 0.6 is 11.3 Å². The highest BCUT2D eigenvalue weighted by molar-refractivity contribution is 7.11. The van der Waals surface area contributed by atoms with Gasteiger partial charge in [0.2, 0.25) is 0 Å². The van der Waals surface area contributed by atoms with Gasteiger partial charge >= 0.3 is 5.97 Å². The number of thiophene rings is 1. The molecule has 2 heterocycles. The molecular weight excluding hydrogens is 418 g/mol. The van der Waals surface area contributed by atoms with Crippen molar-refractivity contribution in [3.8, 4) is 11.1 Å². The molecule has 1 aromatic heterocycles. The van der Waals surface area contributed by atoms with Crippen LogP contribution in [0.1, 0.15) is 30.2 Å². The Morgan fingerprint density at radius 2 is 1.66 bits per heavy atom. The van der Waals surface area contributed by atoms with E-state index in [1.807, 2.05) is 65.7 Å². The molecule has 5 heteroatoms. The number of rotatable bonds is 6. The summed E-state index contributed by atoms with van der Waals surface area (Å²) in [7, 11) is 0. The normalized spacial score (nSPS) is 14.9. The Labute approximate surface area is 193 Å². The third-order valence-electron chi connectivity index (χ3n) is 5.77. The number of carbonyl (C=O) groups excluding carboxylic acids is 2. The van der Waals surface area contributed by atoms with Gasteiger partial charge in [-0.2, -0.15) is 0 Å². The van der Waals surface area contributed by atoms with Crippen molar-refractivity contribution in [3.05, 3.63) is 82.6 Å². The summed E-state index contributed by atoms with van der Waals surface area (Å²) < 4.78 is 5.16. The molecule has 0 bridgehead atoms. The lowest BCUT2D eigenvalue weighted by Gasteiger charge is -2.31. The van der Waals surface area contributed by atoms with E-state index in [1.165, 1.54) is 0 Å². The van der Waals surface area contributed by atoms with Crippen molar-refractivity contribution >= 4 is 34.9 Å². The second-order valence-corrected chi connectivity index (χ2v) is 8.81. The molecule has 0 radical (unpaired) electrons. The zero-order chi connectivity index (χ0) is 22.3. The van der Waals surface area contributed by atoms with Gasteiger partial charge in [-0.3, -0.25) is 9.59 Å². The van der Waals surface area contributed by atoms with Crippen LogP contribution in [0.5, 0.6) is 0 Å². The highest BCUT2D eigenvalue weighted by atomic mass is 32.1. The summed E-state index contributed by atoms with van der Waals surface area (Å²) in [6.07, 6.45) is 3.26. The van der Waals surface area contributed by atoms with Gasteiger partial charge in [-0.15, -0.1) is 11.3 Å². The molecule has 0 N–H and O–H groups in total. The summed E-state index contributed by atoms with van der Waals surface area (Å²) in [6.45, 7) is 3.34. The fourth-order valence-electron chi connectivity index (χ4n) is 4.01. The largest absolute Gasteiger partial charge is 0.466 e. The Hall–Kier alpha value is -3.18.